The van der Waals surface area contributed by atoms with Gasteiger partial charge in [0, 0.05) is 0 Å². The number of hydrogen-bond acceptors (Lipinski definition) is 5. The number of esters is 1. The molecule has 2 atom stereocenters. The third-order valence-electron chi connectivity index (χ3n) is 4.71. The van der Waals surface area contributed by atoms with Gasteiger partial charge in [-0.25, -0.2) is 4.79 Å². The molecule has 0 radical (unpaired) electrons. The lowest BCUT2D eigenvalue weighted by Crippen LogP contribution is -2.50. The maximum atomic E-state index is 13.1. The number of carbonyl (C=O) groups excluding carboxylic acids is 2. The van der Waals surface area contributed by atoms with Gasteiger partial charge >= 0.3 is 5.97 Å². The first-order valence-electron chi connectivity index (χ1n) is 9.32. The van der Waals surface area contributed by atoms with Crippen molar-refractivity contribution in [1.29, 1.82) is 0 Å². The van der Waals surface area contributed by atoms with Crippen LogP contribution in [0.25, 0.3) is 0 Å². The summed E-state index contributed by atoms with van der Waals surface area (Å²) in [6.45, 7) is 6.01. The van der Waals surface area contributed by atoms with Gasteiger partial charge in [0.2, 0.25) is 6.10 Å². The number of methoxy groups -OCH3 is 1. The molecule has 1 heterocycles. The average Bonchev–Trinajstić information content (AvgIpc) is 2.72. The largest absolute Gasteiger partial charge is 0.481 e. The highest BCUT2D eigenvalue weighted by Crippen LogP contribution is 2.34. The Morgan fingerprint density at radius 1 is 1.07 bits per heavy atom. The molecule has 0 saturated heterocycles. The van der Waals surface area contributed by atoms with E-state index in [1.807, 2.05) is 30.3 Å². The summed E-state index contributed by atoms with van der Waals surface area (Å²) in [6, 6.07) is 14.8. The van der Waals surface area contributed by atoms with Gasteiger partial charge in [-0.3, -0.25) is 4.79 Å². The number of amides is 1. The number of anilines is 1. The summed E-state index contributed by atoms with van der Waals surface area (Å²) in [5.74, 6) is 0.734. The highest BCUT2D eigenvalue weighted by atomic mass is 16.6. The number of carbonyl (C=O) groups is 2. The molecular weight excluding hydrogens is 358 g/mol. The van der Waals surface area contributed by atoms with Crippen molar-refractivity contribution < 1.29 is 23.8 Å². The number of rotatable bonds is 5. The summed E-state index contributed by atoms with van der Waals surface area (Å²) in [5.41, 5.74) is 1.81. The second kappa shape index (κ2) is 8.33. The first-order valence-corrected chi connectivity index (χ1v) is 9.32. The predicted octanol–water partition coefficient (Wildman–Crippen LogP) is 3.54. The second-order valence-electron chi connectivity index (χ2n) is 7.03. The van der Waals surface area contributed by atoms with Crippen molar-refractivity contribution in [2.24, 2.45) is 0 Å². The lowest BCUT2D eigenvalue weighted by Gasteiger charge is -2.34. The van der Waals surface area contributed by atoms with Crippen LogP contribution in [0.5, 0.6) is 11.5 Å². The number of fused-ring (bicyclic) bond motifs is 1. The Kier molecular flexibility index (Phi) is 5.87. The normalized spacial score (nSPS) is 16.8. The minimum Gasteiger partial charge on any atom is -0.481 e. The van der Waals surface area contributed by atoms with Crippen molar-refractivity contribution in [2.75, 3.05) is 18.6 Å². The van der Waals surface area contributed by atoms with Crippen LogP contribution < -0.4 is 14.4 Å². The van der Waals surface area contributed by atoms with E-state index in [0.29, 0.717) is 23.1 Å². The van der Waals surface area contributed by atoms with Gasteiger partial charge in [-0.15, -0.1) is 0 Å². The number of hydrogen-bond donors (Lipinski definition) is 0. The van der Waals surface area contributed by atoms with Crippen molar-refractivity contribution in [3.05, 3.63) is 54.1 Å². The van der Waals surface area contributed by atoms with Crippen LogP contribution >= 0.6 is 0 Å². The fourth-order valence-corrected chi connectivity index (χ4v) is 3.10. The van der Waals surface area contributed by atoms with Gasteiger partial charge in [0.25, 0.3) is 5.91 Å². The van der Waals surface area contributed by atoms with Crippen molar-refractivity contribution in [2.45, 2.75) is 38.9 Å². The molecule has 0 N–H and O–H groups in total. The Balaban J connectivity index is 1.78. The summed E-state index contributed by atoms with van der Waals surface area (Å²) >= 11 is 0. The van der Waals surface area contributed by atoms with E-state index in [2.05, 4.69) is 13.8 Å². The van der Waals surface area contributed by atoms with E-state index in [1.165, 1.54) is 17.6 Å². The molecule has 2 aromatic carbocycles. The van der Waals surface area contributed by atoms with E-state index < -0.39 is 18.2 Å². The molecule has 1 aliphatic heterocycles. The lowest BCUT2D eigenvalue weighted by molar-refractivity contribution is -0.148. The Bertz CT molecular complexity index is 846. The van der Waals surface area contributed by atoms with Crippen molar-refractivity contribution in [3.8, 4) is 11.5 Å². The van der Waals surface area contributed by atoms with Gasteiger partial charge in [-0.2, -0.15) is 0 Å². The number of benzene rings is 2. The zero-order valence-electron chi connectivity index (χ0n) is 16.5. The number of nitrogens with zero attached hydrogens (tertiary/aromatic N) is 1. The maximum Gasteiger partial charge on any atom is 0.348 e. The van der Waals surface area contributed by atoms with Gasteiger partial charge < -0.3 is 19.1 Å². The molecule has 1 aliphatic rings. The zero-order chi connectivity index (χ0) is 20.3. The minimum atomic E-state index is -0.874. The number of ether oxygens (including phenoxy) is 3. The van der Waals surface area contributed by atoms with Crippen LogP contribution in [-0.4, -0.2) is 37.7 Å². The SMILES string of the molecule is COC(=O)[C@@H]1CN(C(=O)[C@H](C)Oc2ccc(C(C)C)cc2)c2ccccc2O1. The molecule has 6 nitrogen and oxygen atoms in total. The minimum absolute atomic E-state index is 0.0719. The van der Waals surface area contributed by atoms with E-state index in [4.69, 9.17) is 14.2 Å². The molecule has 148 valence electrons. The van der Waals surface area contributed by atoms with E-state index in [1.54, 1.807) is 25.1 Å². The summed E-state index contributed by atoms with van der Waals surface area (Å²) in [7, 11) is 1.30. The van der Waals surface area contributed by atoms with E-state index in [-0.39, 0.29) is 12.5 Å². The molecule has 0 fully saturated rings. The number of para-hydroxylation sites is 2. The standard InChI is InChI=1S/C22H25NO5/c1-14(2)16-9-11-17(12-10-16)27-15(3)21(24)23-13-20(22(25)26-4)28-19-8-6-5-7-18(19)23/h5-12,14-15,20H,13H2,1-4H3/t15-,20-/m0/s1. The van der Waals surface area contributed by atoms with Gasteiger partial charge in [0.05, 0.1) is 19.3 Å². The summed E-state index contributed by atoms with van der Waals surface area (Å²) < 4.78 is 16.3. The fourth-order valence-electron chi connectivity index (χ4n) is 3.10. The topological polar surface area (TPSA) is 65.1 Å². The molecule has 6 heteroatoms. The lowest BCUT2D eigenvalue weighted by atomic mass is 10.0. The molecule has 28 heavy (non-hydrogen) atoms. The summed E-state index contributed by atoms with van der Waals surface area (Å²) in [5, 5.41) is 0. The molecular formula is C22H25NO5. The highest BCUT2D eigenvalue weighted by molar-refractivity contribution is 5.99. The van der Waals surface area contributed by atoms with Gasteiger partial charge in [-0.1, -0.05) is 38.1 Å². The third-order valence-corrected chi connectivity index (χ3v) is 4.71. The molecule has 0 unspecified atom stereocenters. The highest BCUT2D eigenvalue weighted by Gasteiger charge is 2.36. The smallest absolute Gasteiger partial charge is 0.348 e. The molecule has 2 aromatic rings. The van der Waals surface area contributed by atoms with Crippen LogP contribution in [0.1, 0.15) is 32.3 Å². The van der Waals surface area contributed by atoms with Crippen LogP contribution in [0.4, 0.5) is 5.69 Å². The van der Waals surface area contributed by atoms with Crippen molar-refractivity contribution >= 4 is 17.6 Å². The van der Waals surface area contributed by atoms with E-state index in [0.717, 1.165) is 0 Å². The molecule has 3 rings (SSSR count). The van der Waals surface area contributed by atoms with Gasteiger partial charge in [0.15, 0.2) is 6.10 Å². The molecule has 0 aromatic heterocycles. The summed E-state index contributed by atoms with van der Waals surface area (Å²) in [4.78, 5) is 26.6. The van der Waals surface area contributed by atoms with Crippen LogP contribution in [0.15, 0.2) is 48.5 Å². The van der Waals surface area contributed by atoms with Crippen LogP contribution in [-0.2, 0) is 14.3 Å². The quantitative estimate of drug-likeness (QED) is 0.739. The second-order valence-corrected chi connectivity index (χ2v) is 7.03. The van der Waals surface area contributed by atoms with Crippen LogP contribution in [0.2, 0.25) is 0 Å². The van der Waals surface area contributed by atoms with Crippen LogP contribution in [0, 0.1) is 0 Å². The molecule has 0 aliphatic carbocycles. The summed E-state index contributed by atoms with van der Waals surface area (Å²) in [6.07, 6.45) is -1.60. The van der Waals surface area contributed by atoms with E-state index in [9.17, 15) is 9.59 Å². The average molecular weight is 383 g/mol. The van der Waals surface area contributed by atoms with E-state index >= 15 is 0 Å². The fraction of sp³-hybridized carbons (Fsp3) is 0.364. The Morgan fingerprint density at radius 3 is 2.39 bits per heavy atom. The third kappa shape index (κ3) is 4.11. The maximum absolute atomic E-state index is 13.1. The Hall–Kier alpha value is -3.02. The molecule has 0 spiro atoms. The monoisotopic (exact) mass is 383 g/mol. The molecule has 0 bridgehead atoms. The predicted molar refractivity (Wildman–Crippen MR) is 106 cm³/mol. The van der Waals surface area contributed by atoms with Crippen LogP contribution in [0.3, 0.4) is 0 Å². The van der Waals surface area contributed by atoms with Crippen molar-refractivity contribution in [3.63, 3.8) is 0 Å². The first kappa shape index (κ1) is 19.7. The Morgan fingerprint density at radius 2 is 1.75 bits per heavy atom. The molecule has 1 amide bonds. The first-order chi connectivity index (χ1) is 13.4. The Labute approximate surface area is 165 Å². The van der Waals surface area contributed by atoms with Gasteiger partial charge in [-0.05, 0) is 42.7 Å². The van der Waals surface area contributed by atoms with Crippen molar-refractivity contribution in [1.82, 2.24) is 0 Å². The zero-order valence-corrected chi connectivity index (χ0v) is 16.5. The molecule has 0 saturated carbocycles. The van der Waals surface area contributed by atoms with Gasteiger partial charge in [0.1, 0.15) is 11.5 Å².